The lowest BCUT2D eigenvalue weighted by Crippen LogP contribution is -2.32. The van der Waals surface area contributed by atoms with Crippen molar-refractivity contribution in [3.05, 3.63) is 41.8 Å². The molecular weight excluding hydrogens is 284 g/mol. The number of hydrogen-bond acceptors (Lipinski definition) is 6. The maximum absolute atomic E-state index is 11.7. The molecule has 3 rings (SSSR count). The third kappa shape index (κ3) is 3.14. The van der Waals surface area contributed by atoms with E-state index in [4.69, 9.17) is 4.74 Å². The van der Waals surface area contributed by atoms with Crippen LogP contribution in [0.5, 0.6) is 0 Å². The standard InChI is InChI=1S/C15H18N4O3/c1-15(5-2-3-6-21-15)14-17-9-11(10-18-14)8-16-13(20)12-4-7-22-19-12/h4,7,9-10H,2-3,5-6,8H2,1H3,(H,16,20)/t15-/m0/s1. The highest BCUT2D eigenvalue weighted by Gasteiger charge is 2.32. The van der Waals surface area contributed by atoms with Gasteiger partial charge in [0.25, 0.3) is 5.91 Å². The van der Waals surface area contributed by atoms with Crippen molar-refractivity contribution in [2.24, 2.45) is 0 Å². The number of amides is 1. The molecule has 0 radical (unpaired) electrons. The summed E-state index contributed by atoms with van der Waals surface area (Å²) in [6, 6.07) is 1.51. The van der Waals surface area contributed by atoms with Crippen molar-refractivity contribution < 1.29 is 14.1 Å². The Morgan fingerprint density at radius 2 is 2.18 bits per heavy atom. The molecule has 3 heterocycles. The van der Waals surface area contributed by atoms with Crippen LogP contribution in [-0.2, 0) is 16.9 Å². The van der Waals surface area contributed by atoms with Gasteiger partial charge in [0.05, 0.1) is 0 Å². The van der Waals surface area contributed by atoms with Crippen LogP contribution >= 0.6 is 0 Å². The summed E-state index contributed by atoms with van der Waals surface area (Å²) < 4.78 is 10.5. The van der Waals surface area contributed by atoms with Crippen LogP contribution in [0.15, 0.2) is 29.2 Å². The molecule has 1 N–H and O–H groups in total. The second-order valence-corrected chi connectivity index (χ2v) is 5.52. The fourth-order valence-electron chi connectivity index (χ4n) is 2.43. The van der Waals surface area contributed by atoms with Gasteiger partial charge >= 0.3 is 0 Å². The molecule has 1 atom stereocenters. The van der Waals surface area contributed by atoms with Crippen LogP contribution in [0, 0.1) is 0 Å². The molecule has 116 valence electrons. The zero-order chi connectivity index (χ0) is 15.4. The largest absolute Gasteiger partial charge is 0.367 e. The predicted molar refractivity (Wildman–Crippen MR) is 76.9 cm³/mol. The molecule has 1 amide bonds. The first kappa shape index (κ1) is 14.6. The van der Waals surface area contributed by atoms with Gasteiger partial charge in [-0.3, -0.25) is 4.79 Å². The molecule has 1 aliphatic heterocycles. The van der Waals surface area contributed by atoms with Gasteiger partial charge in [-0.25, -0.2) is 9.97 Å². The third-order valence-corrected chi connectivity index (χ3v) is 3.77. The highest BCUT2D eigenvalue weighted by atomic mass is 16.5. The fraction of sp³-hybridized carbons (Fsp3) is 0.467. The summed E-state index contributed by atoms with van der Waals surface area (Å²) >= 11 is 0. The summed E-state index contributed by atoms with van der Waals surface area (Å²) in [6.45, 7) is 3.10. The van der Waals surface area contributed by atoms with Crippen molar-refractivity contribution in [1.82, 2.24) is 20.4 Å². The van der Waals surface area contributed by atoms with E-state index in [0.717, 1.165) is 31.4 Å². The molecule has 0 aliphatic carbocycles. The summed E-state index contributed by atoms with van der Waals surface area (Å²) in [7, 11) is 0. The first-order chi connectivity index (χ1) is 10.7. The number of carbonyl (C=O) groups is 1. The molecule has 0 unspecified atom stereocenters. The highest BCUT2D eigenvalue weighted by molar-refractivity contribution is 5.91. The minimum atomic E-state index is -0.402. The Balaban J connectivity index is 1.61. The molecule has 1 fully saturated rings. The van der Waals surface area contributed by atoms with E-state index in [2.05, 4.69) is 25.0 Å². The second-order valence-electron chi connectivity index (χ2n) is 5.52. The number of rotatable bonds is 4. The number of carbonyl (C=O) groups excluding carboxylic acids is 1. The van der Waals surface area contributed by atoms with Crippen molar-refractivity contribution in [3.8, 4) is 0 Å². The van der Waals surface area contributed by atoms with E-state index in [1.165, 1.54) is 12.3 Å². The molecule has 1 saturated heterocycles. The molecular formula is C15H18N4O3. The molecule has 0 saturated carbocycles. The lowest BCUT2D eigenvalue weighted by Gasteiger charge is -2.32. The van der Waals surface area contributed by atoms with Gasteiger partial charge in [0.2, 0.25) is 0 Å². The van der Waals surface area contributed by atoms with Crippen molar-refractivity contribution in [3.63, 3.8) is 0 Å². The molecule has 22 heavy (non-hydrogen) atoms. The molecule has 2 aromatic rings. The maximum Gasteiger partial charge on any atom is 0.273 e. The van der Waals surface area contributed by atoms with Crippen LogP contribution in [0.2, 0.25) is 0 Å². The number of nitrogens with zero attached hydrogens (tertiary/aromatic N) is 3. The Labute approximate surface area is 128 Å². The molecule has 0 spiro atoms. The van der Waals surface area contributed by atoms with Gasteiger partial charge in [-0.15, -0.1) is 0 Å². The van der Waals surface area contributed by atoms with E-state index >= 15 is 0 Å². The van der Waals surface area contributed by atoms with Gasteiger partial charge in [0.1, 0.15) is 11.9 Å². The van der Waals surface area contributed by atoms with Crippen molar-refractivity contribution >= 4 is 5.91 Å². The maximum atomic E-state index is 11.7. The number of nitrogens with one attached hydrogen (secondary N) is 1. The third-order valence-electron chi connectivity index (χ3n) is 3.77. The van der Waals surface area contributed by atoms with E-state index < -0.39 is 5.60 Å². The SMILES string of the molecule is C[C@@]1(c2ncc(CNC(=O)c3ccon3)cn2)CCCCO1. The van der Waals surface area contributed by atoms with Gasteiger partial charge in [0.15, 0.2) is 11.5 Å². The monoisotopic (exact) mass is 302 g/mol. The van der Waals surface area contributed by atoms with E-state index in [-0.39, 0.29) is 11.6 Å². The highest BCUT2D eigenvalue weighted by Crippen LogP contribution is 2.32. The average Bonchev–Trinajstić information content (AvgIpc) is 3.08. The zero-order valence-electron chi connectivity index (χ0n) is 12.4. The molecule has 1 aliphatic rings. The van der Waals surface area contributed by atoms with Crippen LogP contribution in [-0.4, -0.2) is 27.6 Å². The molecule has 7 heteroatoms. The zero-order valence-corrected chi connectivity index (χ0v) is 12.4. The Hall–Kier alpha value is -2.28. The van der Waals surface area contributed by atoms with Crippen molar-refractivity contribution in [1.29, 1.82) is 0 Å². The average molecular weight is 302 g/mol. The van der Waals surface area contributed by atoms with Crippen LogP contribution in [0.4, 0.5) is 0 Å². The van der Waals surface area contributed by atoms with Crippen LogP contribution in [0.3, 0.4) is 0 Å². The summed E-state index contributed by atoms with van der Waals surface area (Å²) in [5.41, 5.74) is 0.668. The van der Waals surface area contributed by atoms with Gasteiger partial charge in [-0.2, -0.15) is 0 Å². The summed E-state index contributed by atoms with van der Waals surface area (Å²) in [4.78, 5) is 20.5. The Bertz CT molecular complexity index is 619. The Kier molecular flexibility index (Phi) is 4.15. The van der Waals surface area contributed by atoms with Crippen LogP contribution in [0.1, 0.15) is 48.1 Å². The van der Waals surface area contributed by atoms with E-state index in [1.54, 1.807) is 12.4 Å². The van der Waals surface area contributed by atoms with Gasteiger partial charge in [-0.1, -0.05) is 5.16 Å². The van der Waals surface area contributed by atoms with Gasteiger partial charge < -0.3 is 14.6 Å². The summed E-state index contributed by atoms with van der Waals surface area (Å²) in [6.07, 6.45) is 7.92. The summed E-state index contributed by atoms with van der Waals surface area (Å²) in [5.74, 6) is 0.402. The lowest BCUT2D eigenvalue weighted by molar-refractivity contribution is -0.0760. The number of ether oxygens (including phenoxy) is 1. The van der Waals surface area contributed by atoms with Gasteiger partial charge in [-0.05, 0) is 26.2 Å². The second kappa shape index (κ2) is 6.23. The first-order valence-electron chi connectivity index (χ1n) is 7.31. The predicted octanol–water partition coefficient (Wildman–Crippen LogP) is 1.81. The first-order valence-corrected chi connectivity index (χ1v) is 7.31. The summed E-state index contributed by atoms with van der Waals surface area (Å²) in [5, 5.41) is 6.32. The molecule has 0 aromatic carbocycles. The molecule has 2 aromatic heterocycles. The van der Waals surface area contributed by atoms with E-state index in [1.807, 2.05) is 6.92 Å². The Morgan fingerprint density at radius 1 is 1.36 bits per heavy atom. The minimum Gasteiger partial charge on any atom is -0.367 e. The minimum absolute atomic E-state index is 0.251. The molecule has 7 nitrogen and oxygen atoms in total. The topological polar surface area (TPSA) is 90.1 Å². The lowest BCUT2D eigenvalue weighted by atomic mass is 9.95. The van der Waals surface area contributed by atoms with E-state index in [0.29, 0.717) is 12.4 Å². The fourth-order valence-corrected chi connectivity index (χ4v) is 2.43. The normalized spacial score (nSPS) is 21.5. The van der Waals surface area contributed by atoms with Crippen molar-refractivity contribution in [2.45, 2.75) is 38.3 Å². The van der Waals surface area contributed by atoms with Crippen LogP contribution < -0.4 is 5.32 Å². The van der Waals surface area contributed by atoms with Gasteiger partial charge in [0, 0.05) is 37.2 Å². The number of hydrogen-bond donors (Lipinski definition) is 1. The van der Waals surface area contributed by atoms with Crippen molar-refractivity contribution in [2.75, 3.05) is 6.61 Å². The van der Waals surface area contributed by atoms with Crippen LogP contribution in [0.25, 0.3) is 0 Å². The Morgan fingerprint density at radius 3 is 2.82 bits per heavy atom. The number of aromatic nitrogens is 3. The van der Waals surface area contributed by atoms with E-state index in [9.17, 15) is 4.79 Å². The smallest absolute Gasteiger partial charge is 0.273 e. The molecule has 0 bridgehead atoms. The quantitative estimate of drug-likeness (QED) is 0.926.